The third-order valence-corrected chi connectivity index (χ3v) is 2.57. The highest BCUT2D eigenvalue weighted by Gasteiger charge is 2.06. The first-order chi connectivity index (χ1) is 8.06. The second-order valence-electron chi connectivity index (χ2n) is 2.72. The van der Waals surface area contributed by atoms with Crippen LogP contribution in [-0.2, 0) is 0 Å². The summed E-state index contributed by atoms with van der Waals surface area (Å²) in [4.78, 5) is 8.64. The Labute approximate surface area is 111 Å². The molecule has 0 spiro atoms. The van der Waals surface area contributed by atoms with Gasteiger partial charge in [0, 0.05) is 22.9 Å². The van der Waals surface area contributed by atoms with Gasteiger partial charge in [0.05, 0.1) is 12.0 Å². The number of nitrogens with zero attached hydrogens (tertiary/aromatic N) is 2. The van der Waals surface area contributed by atoms with E-state index in [1.165, 1.54) is 24.2 Å². The lowest BCUT2D eigenvalue weighted by Crippen LogP contribution is -1.98. The van der Waals surface area contributed by atoms with Gasteiger partial charge in [-0.2, -0.15) is 0 Å². The summed E-state index contributed by atoms with van der Waals surface area (Å²) >= 11 is 7.40. The van der Waals surface area contributed by atoms with Gasteiger partial charge in [-0.05, 0) is 12.3 Å². The van der Waals surface area contributed by atoms with Gasteiger partial charge in [-0.3, -0.25) is 0 Å². The fourth-order valence-corrected chi connectivity index (χ4v) is 1.17. The molecule has 0 aromatic carbocycles. The van der Waals surface area contributed by atoms with E-state index in [1.807, 2.05) is 6.26 Å². The minimum Gasteiger partial charge on any atom is -0.403 e. The standard InChI is InChI=1S/C11H15ClN4S/c1-8(17-3)6-10(16-7-14)9(2)11(12)15-5-4-13/h4-7H,1-2,13H2,3H3,(H2,14,16)/b5-4-,10-6-,15-11?. The van der Waals surface area contributed by atoms with E-state index in [-0.39, 0.29) is 5.17 Å². The van der Waals surface area contributed by atoms with Crippen LogP contribution in [0.25, 0.3) is 0 Å². The Morgan fingerprint density at radius 3 is 2.47 bits per heavy atom. The van der Waals surface area contributed by atoms with Crippen molar-refractivity contribution in [1.82, 2.24) is 0 Å². The van der Waals surface area contributed by atoms with Crippen LogP contribution in [0.4, 0.5) is 0 Å². The quantitative estimate of drug-likeness (QED) is 0.442. The van der Waals surface area contributed by atoms with Gasteiger partial charge in [0.1, 0.15) is 5.17 Å². The molecule has 0 aliphatic heterocycles. The minimum atomic E-state index is 0.192. The summed E-state index contributed by atoms with van der Waals surface area (Å²) in [5.41, 5.74) is 11.4. The molecule has 4 N–H and O–H groups in total. The Bertz CT molecular complexity index is 408. The Kier molecular flexibility index (Phi) is 7.92. The van der Waals surface area contributed by atoms with Crippen LogP contribution in [0, 0.1) is 0 Å². The van der Waals surface area contributed by atoms with Crippen molar-refractivity contribution in [2.24, 2.45) is 21.5 Å². The molecule has 0 rings (SSSR count). The molecule has 4 nitrogen and oxygen atoms in total. The largest absolute Gasteiger partial charge is 0.403 e. The predicted molar refractivity (Wildman–Crippen MR) is 79.2 cm³/mol. The van der Waals surface area contributed by atoms with E-state index in [0.29, 0.717) is 11.3 Å². The fourth-order valence-electron chi connectivity index (χ4n) is 0.786. The zero-order valence-electron chi connectivity index (χ0n) is 9.56. The summed E-state index contributed by atoms with van der Waals surface area (Å²) in [6.07, 6.45) is 7.42. The Morgan fingerprint density at radius 1 is 1.35 bits per heavy atom. The first-order valence-electron chi connectivity index (χ1n) is 4.55. The minimum absolute atomic E-state index is 0.192. The monoisotopic (exact) mass is 270 g/mol. The first kappa shape index (κ1) is 15.5. The molecule has 6 heteroatoms. The van der Waals surface area contributed by atoms with Crippen molar-refractivity contribution in [3.05, 3.63) is 47.8 Å². The van der Waals surface area contributed by atoms with Gasteiger partial charge in [0.25, 0.3) is 0 Å². The van der Waals surface area contributed by atoms with Crippen LogP contribution in [0.1, 0.15) is 0 Å². The maximum atomic E-state index is 5.92. The average Bonchev–Trinajstić information content (AvgIpc) is 2.34. The highest BCUT2D eigenvalue weighted by molar-refractivity contribution is 8.02. The van der Waals surface area contributed by atoms with Crippen molar-refractivity contribution in [2.45, 2.75) is 0 Å². The summed E-state index contributed by atoms with van der Waals surface area (Å²) in [6.45, 7) is 7.60. The number of halogens is 1. The van der Waals surface area contributed by atoms with E-state index in [2.05, 4.69) is 23.1 Å². The maximum Gasteiger partial charge on any atom is 0.137 e. The maximum absolute atomic E-state index is 5.92. The highest BCUT2D eigenvalue weighted by atomic mass is 35.5. The topological polar surface area (TPSA) is 76.8 Å². The first-order valence-corrected chi connectivity index (χ1v) is 6.15. The molecule has 0 saturated carbocycles. The molecule has 0 aromatic rings. The van der Waals surface area contributed by atoms with Gasteiger partial charge in [0.15, 0.2) is 0 Å². The molecule has 0 radical (unpaired) electrons. The summed E-state index contributed by atoms with van der Waals surface area (Å²) in [6, 6.07) is 0. The third kappa shape index (κ3) is 5.99. The van der Waals surface area contributed by atoms with E-state index < -0.39 is 0 Å². The zero-order chi connectivity index (χ0) is 13.3. The van der Waals surface area contributed by atoms with Crippen LogP contribution in [0.3, 0.4) is 0 Å². The molecule has 0 amide bonds. The molecule has 0 unspecified atom stereocenters. The normalized spacial score (nSPS) is 13.5. The summed E-state index contributed by atoms with van der Waals surface area (Å²) in [5, 5.41) is 0.192. The van der Waals surface area contributed by atoms with Crippen molar-refractivity contribution in [3.8, 4) is 0 Å². The van der Waals surface area contributed by atoms with Crippen molar-refractivity contribution < 1.29 is 0 Å². The molecule has 0 aliphatic rings. The van der Waals surface area contributed by atoms with E-state index in [9.17, 15) is 0 Å². The van der Waals surface area contributed by atoms with Crippen LogP contribution in [0.2, 0.25) is 0 Å². The molecule has 0 atom stereocenters. The number of nitrogens with two attached hydrogens (primary N) is 2. The van der Waals surface area contributed by atoms with Gasteiger partial charge in [-0.25, -0.2) is 9.98 Å². The molecule has 0 aromatic heterocycles. The molecule has 17 heavy (non-hydrogen) atoms. The van der Waals surface area contributed by atoms with Gasteiger partial charge in [-0.15, -0.1) is 11.8 Å². The van der Waals surface area contributed by atoms with Crippen LogP contribution in [0.5, 0.6) is 0 Å². The van der Waals surface area contributed by atoms with Gasteiger partial charge in [0.2, 0.25) is 0 Å². The van der Waals surface area contributed by atoms with Crippen LogP contribution < -0.4 is 11.5 Å². The molecule has 0 saturated heterocycles. The molecule has 0 aliphatic carbocycles. The van der Waals surface area contributed by atoms with Gasteiger partial charge >= 0.3 is 0 Å². The molecule has 0 heterocycles. The lowest BCUT2D eigenvalue weighted by atomic mass is 10.2. The number of hydrogen-bond acceptors (Lipinski definition) is 4. The molecule has 0 fully saturated rings. The summed E-state index contributed by atoms with van der Waals surface area (Å²) in [5.74, 6) is 0. The number of thioether (sulfide) groups is 1. The van der Waals surface area contributed by atoms with Crippen LogP contribution in [-0.4, -0.2) is 17.8 Å². The number of aliphatic imine (C=N–C) groups is 2. The lowest BCUT2D eigenvalue weighted by molar-refractivity contribution is 1.37. The highest BCUT2D eigenvalue weighted by Crippen LogP contribution is 2.19. The Balaban J connectivity index is 5.15. The van der Waals surface area contributed by atoms with E-state index in [0.717, 1.165) is 11.2 Å². The number of hydrogen-bond donors (Lipinski definition) is 2. The number of allylic oxidation sites excluding steroid dienone is 2. The van der Waals surface area contributed by atoms with E-state index in [4.69, 9.17) is 23.1 Å². The second-order valence-corrected chi connectivity index (χ2v) is 4.01. The molecule has 92 valence electrons. The Hall–Kier alpha value is -1.46. The summed E-state index contributed by atoms with van der Waals surface area (Å²) < 4.78 is 0. The zero-order valence-corrected chi connectivity index (χ0v) is 11.1. The summed E-state index contributed by atoms with van der Waals surface area (Å²) in [7, 11) is 0. The van der Waals surface area contributed by atoms with Crippen LogP contribution in [0.15, 0.2) is 57.8 Å². The van der Waals surface area contributed by atoms with Crippen molar-refractivity contribution in [1.29, 1.82) is 0 Å². The fraction of sp³-hybridized carbons (Fsp3) is 0.0909. The van der Waals surface area contributed by atoms with Crippen molar-refractivity contribution >= 4 is 34.9 Å². The lowest BCUT2D eigenvalue weighted by Gasteiger charge is -2.04. The van der Waals surface area contributed by atoms with Gasteiger partial charge in [-0.1, -0.05) is 24.8 Å². The van der Waals surface area contributed by atoms with Gasteiger partial charge < -0.3 is 11.5 Å². The number of rotatable bonds is 6. The SMILES string of the molecule is C=C(/C=C(\N=CN)C(=C)C(Cl)=N/C=C\N)SC. The van der Waals surface area contributed by atoms with Crippen molar-refractivity contribution in [3.63, 3.8) is 0 Å². The second kappa shape index (κ2) is 8.66. The van der Waals surface area contributed by atoms with E-state index in [1.54, 1.807) is 6.08 Å². The average molecular weight is 271 g/mol. The Morgan fingerprint density at radius 2 is 2.00 bits per heavy atom. The predicted octanol–water partition coefficient (Wildman–Crippen LogP) is 2.36. The van der Waals surface area contributed by atoms with E-state index >= 15 is 0 Å². The molecular weight excluding hydrogens is 256 g/mol. The third-order valence-electron chi connectivity index (χ3n) is 1.61. The molecule has 0 bridgehead atoms. The van der Waals surface area contributed by atoms with Crippen LogP contribution >= 0.6 is 23.4 Å². The van der Waals surface area contributed by atoms with Crippen molar-refractivity contribution in [2.75, 3.05) is 6.26 Å². The molecular formula is C11H15ClN4S. The smallest absolute Gasteiger partial charge is 0.137 e.